The third kappa shape index (κ3) is 3.57. The van der Waals surface area contributed by atoms with E-state index in [1.54, 1.807) is 19.9 Å². The van der Waals surface area contributed by atoms with Gasteiger partial charge in [-0.25, -0.2) is 14.2 Å². The van der Waals surface area contributed by atoms with Crippen molar-refractivity contribution < 1.29 is 33.7 Å². The molecule has 40 heavy (non-hydrogen) atoms. The second-order valence-corrected chi connectivity index (χ2v) is 10.8. The largest absolute Gasteiger partial charge is 0.458 e. The lowest BCUT2D eigenvalue weighted by molar-refractivity contribution is -0.172. The number of hydrogen-bond donors (Lipinski definition) is 3. The molecule has 3 aromatic rings. The summed E-state index contributed by atoms with van der Waals surface area (Å²) in [6, 6.07) is 2.96. The monoisotopic (exact) mass is 551 g/mol. The number of nitrogens with zero attached hydrogens (tertiary/aromatic N) is 2. The summed E-state index contributed by atoms with van der Waals surface area (Å²) in [5.74, 6) is -1.52. The van der Waals surface area contributed by atoms with Gasteiger partial charge in [-0.3, -0.25) is 9.59 Å². The average molecular weight is 552 g/mol. The van der Waals surface area contributed by atoms with E-state index < -0.39 is 28.5 Å². The summed E-state index contributed by atoms with van der Waals surface area (Å²) in [7, 11) is 0. The zero-order valence-corrected chi connectivity index (χ0v) is 22.5. The zero-order valence-electron chi connectivity index (χ0n) is 22.5. The van der Waals surface area contributed by atoms with Gasteiger partial charge in [0.25, 0.3) is 5.56 Å². The number of fused-ring (bicyclic) bond motifs is 5. The number of esters is 1. The first-order valence-corrected chi connectivity index (χ1v) is 13.4. The van der Waals surface area contributed by atoms with Gasteiger partial charge in [0, 0.05) is 29.5 Å². The minimum absolute atomic E-state index is 0.00662. The van der Waals surface area contributed by atoms with Crippen LogP contribution in [0.5, 0.6) is 0 Å². The Morgan fingerprint density at radius 1 is 1.27 bits per heavy atom. The normalized spacial score (nSPS) is 22.5. The fraction of sp³-hybridized carbons (Fsp3) is 0.448. The molecule has 1 aliphatic carbocycles. The maximum atomic E-state index is 15.1. The van der Waals surface area contributed by atoms with Crippen LogP contribution < -0.4 is 10.9 Å². The molecule has 0 saturated heterocycles. The summed E-state index contributed by atoms with van der Waals surface area (Å²) in [5.41, 5.74) is 0.766. The number of aromatic nitrogens is 2. The number of benzene rings is 1. The number of rotatable bonds is 6. The van der Waals surface area contributed by atoms with Crippen molar-refractivity contribution in [3.05, 3.63) is 61.7 Å². The number of aryl methyl sites for hydroxylation is 1. The van der Waals surface area contributed by atoms with Gasteiger partial charge in [0.15, 0.2) is 5.60 Å². The lowest BCUT2D eigenvalue weighted by Crippen LogP contribution is -2.51. The fourth-order valence-corrected chi connectivity index (χ4v) is 6.65. The number of aliphatic hydroxyl groups is 2. The van der Waals surface area contributed by atoms with Gasteiger partial charge in [0.05, 0.1) is 54.4 Å². The molecule has 6 rings (SSSR count). The molecule has 0 unspecified atom stereocenters. The van der Waals surface area contributed by atoms with Gasteiger partial charge in [-0.05, 0) is 48.9 Å². The Balaban J connectivity index is 1.69. The van der Waals surface area contributed by atoms with Crippen LogP contribution in [0, 0.1) is 12.7 Å². The Hall–Kier alpha value is -3.67. The molecule has 11 heteroatoms. The molecule has 3 N–H and O–H groups in total. The van der Waals surface area contributed by atoms with Gasteiger partial charge >= 0.3 is 5.97 Å². The molecule has 0 fully saturated rings. The van der Waals surface area contributed by atoms with Crippen LogP contribution in [0.1, 0.15) is 60.1 Å². The van der Waals surface area contributed by atoms with Gasteiger partial charge < -0.3 is 29.6 Å². The van der Waals surface area contributed by atoms with E-state index in [0.717, 1.165) is 5.56 Å². The molecule has 0 spiro atoms. The number of pyridine rings is 2. The van der Waals surface area contributed by atoms with Gasteiger partial charge in [-0.2, -0.15) is 0 Å². The molecule has 3 aliphatic rings. The molecule has 0 bridgehead atoms. The number of aliphatic hydroxyl groups excluding tert-OH is 1. The minimum Gasteiger partial charge on any atom is -0.458 e. The molecule has 2 aromatic heterocycles. The van der Waals surface area contributed by atoms with Crippen LogP contribution in [-0.4, -0.2) is 51.5 Å². The quantitative estimate of drug-likeness (QED) is 0.244. The number of ether oxygens (including phenoxy) is 2. The first-order chi connectivity index (χ1) is 19.1. The molecule has 4 heterocycles. The van der Waals surface area contributed by atoms with E-state index in [0.29, 0.717) is 51.8 Å². The summed E-state index contributed by atoms with van der Waals surface area (Å²) in [6.07, 6.45) is 0.869. The Morgan fingerprint density at radius 3 is 2.75 bits per heavy atom. The maximum Gasteiger partial charge on any atom is 0.343 e. The van der Waals surface area contributed by atoms with Crippen molar-refractivity contribution in [2.45, 2.75) is 64.3 Å². The highest BCUT2D eigenvalue weighted by molar-refractivity contribution is 5.94. The van der Waals surface area contributed by atoms with Crippen LogP contribution in [-0.2, 0) is 49.8 Å². The van der Waals surface area contributed by atoms with E-state index in [1.165, 1.54) is 17.6 Å². The van der Waals surface area contributed by atoms with Crippen LogP contribution >= 0.6 is 0 Å². The number of halogens is 1. The average Bonchev–Trinajstić information content (AvgIpc) is 3.28. The third-order valence-electron chi connectivity index (χ3n) is 8.58. The topological polar surface area (TPSA) is 140 Å². The standard InChI is InChI=1S/C29H30FN3O7/c1-4-29(38)19-9-22-25-17(11-33(22)26(36)18(19)12-40-27(29)37)24-23-16(14(2)20(30)10-21(23)31-25)5-6-28(24,32-15(3)35)13-39-8-7-34/h9-10,34,38H,4-8,11-13H2,1-3H3,(H,32,35)/t28-,29-/m0/s1. The molecular weight excluding hydrogens is 521 g/mol. The summed E-state index contributed by atoms with van der Waals surface area (Å²) in [6.45, 7) is 4.52. The number of carbonyl (C=O) groups excluding carboxylic acids is 2. The number of nitrogens with one attached hydrogen (secondary N) is 1. The van der Waals surface area contributed by atoms with E-state index in [4.69, 9.17) is 14.5 Å². The summed E-state index contributed by atoms with van der Waals surface area (Å²) < 4.78 is 27.6. The van der Waals surface area contributed by atoms with Crippen molar-refractivity contribution in [2.24, 2.45) is 0 Å². The van der Waals surface area contributed by atoms with E-state index >= 15 is 4.39 Å². The van der Waals surface area contributed by atoms with Crippen LogP contribution in [0.25, 0.3) is 22.3 Å². The van der Waals surface area contributed by atoms with Crippen molar-refractivity contribution >= 4 is 22.8 Å². The van der Waals surface area contributed by atoms with Crippen LogP contribution in [0.3, 0.4) is 0 Å². The van der Waals surface area contributed by atoms with E-state index in [-0.39, 0.29) is 56.4 Å². The van der Waals surface area contributed by atoms with Crippen molar-refractivity contribution in [2.75, 3.05) is 19.8 Å². The second kappa shape index (κ2) is 9.18. The van der Waals surface area contributed by atoms with Crippen LogP contribution in [0.4, 0.5) is 4.39 Å². The van der Waals surface area contributed by atoms with Crippen molar-refractivity contribution in [1.82, 2.24) is 14.9 Å². The molecule has 2 atom stereocenters. The highest BCUT2D eigenvalue weighted by Gasteiger charge is 2.47. The van der Waals surface area contributed by atoms with Crippen LogP contribution in [0.2, 0.25) is 0 Å². The summed E-state index contributed by atoms with van der Waals surface area (Å²) >= 11 is 0. The number of cyclic esters (lactones) is 1. The molecule has 2 aliphatic heterocycles. The predicted molar refractivity (Wildman–Crippen MR) is 141 cm³/mol. The Kier molecular flexibility index (Phi) is 6.10. The molecule has 10 nitrogen and oxygen atoms in total. The minimum atomic E-state index is -1.98. The maximum absolute atomic E-state index is 15.1. The van der Waals surface area contributed by atoms with Crippen molar-refractivity contribution in [3.8, 4) is 11.4 Å². The third-order valence-corrected chi connectivity index (χ3v) is 8.58. The van der Waals surface area contributed by atoms with E-state index in [1.807, 2.05) is 0 Å². The van der Waals surface area contributed by atoms with Crippen molar-refractivity contribution in [1.29, 1.82) is 0 Å². The second-order valence-electron chi connectivity index (χ2n) is 10.8. The molecule has 210 valence electrons. The zero-order chi connectivity index (χ0) is 28.6. The van der Waals surface area contributed by atoms with E-state index in [9.17, 15) is 24.6 Å². The van der Waals surface area contributed by atoms with E-state index in [2.05, 4.69) is 5.32 Å². The number of hydrogen-bond acceptors (Lipinski definition) is 8. The Morgan fingerprint density at radius 2 is 2.05 bits per heavy atom. The number of amides is 1. The Bertz CT molecular complexity index is 1680. The summed E-state index contributed by atoms with van der Waals surface area (Å²) in [4.78, 5) is 43.7. The highest BCUT2D eigenvalue weighted by atomic mass is 19.1. The fourth-order valence-electron chi connectivity index (χ4n) is 6.65. The van der Waals surface area contributed by atoms with Gasteiger partial charge in [-0.1, -0.05) is 6.92 Å². The first-order valence-electron chi connectivity index (χ1n) is 13.4. The first kappa shape index (κ1) is 26.5. The molecule has 0 saturated carbocycles. The van der Waals surface area contributed by atoms with Crippen LogP contribution in [0.15, 0.2) is 16.9 Å². The lowest BCUT2D eigenvalue weighted by Gasteiger charge is -2.41. The van der Waals surface area contributed by atoms with Gasteiger partial charge in [-0.15, -0.1) is 0 Å². The molecule has 0 radical (unpaired) electrons. The highest BCUT2D eigenvalue weighted by Crippen LogP contribution is 2.48. The smallest absolute Gasteiger partial charge is 0.343 e. The summed E-state index contributed by atoms with van der Waals surface area (Å²) in [5, 5.41) is 24.4. The predicted octanol–water partition coefficient (Wildman–Crippen LogP) is 1.81. The molecule has 1 amide bonds. The van der Waals surface area contributed by atoms with Gasteiger partial charge in [0.1, 0.15) is 12.4 Å². The molecule has 1 aromatic carbocycles. The molecular formula is C29H30FN3O7. The SMILES string of the molecule is CC[C@@]1(O)C(=O)OCc2c1cc1n(c2=O)Cc2c-1nc1cc(F)c(C)c3c1c2[C@](COCCO)(NC(C)=O)CC3. The lowest BCUT2D eigenvalue weighted by atomic mass is 9.73. The Labute approximate surface area is 228 Å². The van der Waals surface area contributed by atoms with Crippen molar-refractivity contribution in [3.63, 3.8) is 0 Å². The van der Waals surface area contributed by atoms with Gasteiger partial charge in [0.2, 0.25) is 5.91 Å². The number of carbonyl (C=O) groups is 2.